The third kappa shape index (κ3) is 3.92. The van der Waals surface area contributed by atoms with Gasteiger partial charge in [-0.1, -0.05) is 6.07 Å². The van der Waals surface area contributed by atoms with Crippen molar-refractivity contribution in [2.75, 3.05) is 11.1 Å². The highest BCUT2D eigenvalue weighted by Crippen LogP contribution is 2.27. The van der Waals surface area contributed by atoms with Gasteiger partial charge in [-0.2, -0.15) is 0 Å². The number of aryl methyl sites for hydroxylation is 2. The van der Waals surface area contributed by atoms with Crippen molar-refractivity contribution in [1.29, 1.82) is 0 Å². The Kier molecular flexibility index (Phi) is 4.18. The van der Waals surface area contributed by atoms with Crippen LogP contribution in [0.2, 0.25) is 0 Å². The number of nitrogens with one attached hydrogen (secondary N) is 1. The van der Waals surface area contributed by atoms with Crippen LogP contribution in [0.1, 0.15) is 25.0 Å². The van der Waals surface area contributed by atoms with Gasteiger partial charge in [0, 0.05) is 29.2 Å². The Morgan fingerprint density at radius 2 is 1.50 bits per heavy atom. The summed E-state index contributed by atoms with van der Waals surface area (Å²) < 4.78 is 5.70. The van der Waals surface area contributed by atoms with Gasteiger partial charge < -0.3 is 15.8 Å². The fourth-order valence-corrected chi connectivity index (χ4v) is 2.25. The van der Waals surface area contributed by atoms with E-state index in [2.05, 4.69) is 37.4 Å². The molecular formula is C17H22N2O. The van der Waals surface area contributed by atoms with Crippen molar-refractivity contribution in [3.05, 3.63) is 47.5 Å². The third-order valence-electron chi connectivity index (χ3n) is 2.81. The normalized spacial score (nSPS) is 10.7. The van der Waals surface area contributed by atoms with Crippen LogP contribution in [0.15, 0.2) is 36.4 Å². The van der Waals surface area contributed by atoms with E-state index < -0.39 is 0 Å². The standard InChI is InChI=1S/C17H22N2O/c1-11(2)20-17-9-14(18)8-16(10-17)19-15-6-12(3)5-13(4)7-15/h5-11,19H,18H2,1-4H3. The minimum atomic E-state index is 0.130. The lowest BCUT2D eigenvalue weighted by Crippen LogP contribution is -2.06. The number of hydrogen-bond acceptors (Lipinski definition) is 3. The molecular weight excluding hydrogens is 248 g/mol. The van der Waals surface area contributed by atoms with Gasteiger partial charge in [-0.25, -0.2) is 0 Å². The van der Waals surface area contributed by atoms with Gasteiger partial charge in [0.25, 0.3) is 0 Å². The van der Waals surface area contributed by atoms with Gasteiger partial charge in [-0.05, 0) is 57.0 Å². The maximum atomic E-state index is 5.93. The lowest BCUT2D eigenvalue weighted by Gasteiger charge is -2.14. The molecule has 0 aromatic heterocycles. The van der Waals surface area contributed by atoms with Crippen molar-refractivity contribution in [1.82, 2.24) is 0 Å². The van der Waals surface area contributed by atoms with Crippen LogP contribution in [-0.4, -0.2) is 6.10 Å². The number of benzene rings is 2. The molecule has 3 heteroatoms. The molecule has 0 bridgehead atoms. The third-order valence-corrected chi connectivity index (χ3v) is 2.81. The van der Waals surface area contributed by atoms with Crippen LogP contribution in [0.4, 0.5) is 17.1 Å². The van der Waals surface area contributed by atoms with Crippen molar-refractivity contribution in [2.24, 2.45) is 0 Å². The number of hydrogen-bond donors (Lipinski definition) is 2. The quantitative estimate of drug-likeness (QED) is 0.809. The van der Waals surface area contributed by atoms with Crippen LogP contribution in [0, 0.1) is 13.8 Å². The Labute approximate surface area is 120 Å². The average molecular weight is 270 g/mol. The van der Waals surface area contributed by atoms with E-state index in [0.717, 1.165) is 17.1 Å². The Balaban J connectivity index is 2.26. The zero-order valence-electron chi connectivity index (χ0n) is 12.5. The molecule has 0 aliphatic heterocycles. The average Bonchev–Trinajstić information content (AvgIpc) is 2.24. The van der Waals surface area contributed by atoms with Gasteiger partial charge in [0.2, 0.25) is 0 Å². The second-order valence-electron chi connectivity index (χ2n) is 5.46. The molecule has 0 atom stereocenters. The highest BCUT2D eigenvalue weighted by atomic mass is 16.5. The zero-order chi connectivity index (χ0) is 14.7. The highest BCUT2D eigenvalue weighted by Gasteiger charge is 2.03. The second-order valence-corrected chi connectivity index (χ2v) is 5.46. The molecule has 3 nitrogen and oxygen atoms in total. The molecule has 0 saturated heterocycles. The predicted molar refractivity (Wildman–Crippen MR) is 85.8 cm³/mol. The van der Waals surface area contributed by atoms with Crippen molar-refractivity contribution in [3.63, 3.8) is 0 Å². The summed E-state index contributed by atoms with van der Waals surface area (Å²) in [5.41, 5.74) is 11.1. The molecule has 0 aliphatic rings. The topological polar surface area (TPSA) is 47.3 Å². The first kappa shape index (κ1) is 14.3. The number of ether oxygens (including phenoxy) is 1. The van der Waals surface area contributed by atoms with Crippen molar-refractivity contribution in [2.45, 2.75) is 33.8 Å². The fourth-order valence-electron chi connectivity index (χ4n) is 2.25. The monoisotopic (exact) mass is 270 g/mol. The van der Waals surface area contributed by atoms with Crippen LogP contribution in [0.25, 0.3) is 0 Å². The van der Waals surface area contributed by atoms with Crippen molar-refractivity contribution in [3.8, 4) is 5.75 Å². The summed E-state index contributed by atoms with van der Waals surface area (Å²) in [5.74, 6) is 0.784. The molecule has 2 aromatic carbocycles. The summed E-state index contributed by atoms with van der Waals surface area (Å²) in [4.78, 5) is 0. The molecule has 0 aliphatic carbocycles. The summed E-state index contributed by atoms with van der Waals surface area (Å²) in [6, 6.07) is 12.1. The summed E-state index contributed by atoms with van der Waals surface area (Å²) in [6.07, 6.45) is 0.130. The van der Waals surface area contributed by atoms with Gasteiger partial charge in [-0.3, -0.25) is 0 Å². The van der Waals surface area contributed by atoms with Gasteiger partial charge in [-0.15, -0.1) is 0 Å². The minimum absolute atomic E-state index is 0.130. The number of nitrogen functional groups attached to an aromatic ring is 1. The smallest absolute Gasteiger partial charge is 0.123 e. The van der Waals surface area contributed by atoms with E-state index >= 15 is 0 Å². The van der Waals surface area contributed by atoms with E-state index in [1.807, 2.05) is 32.0 Å². The lowest BCUT2D eigenvalue weighted by molar-refractivity contribution is 0.242. The largest absolute Gasteiger partial charge is 0.491 e. The summed E-state index contributed by atoms with van der Waals surface area (Å²) >= 11 is 0. The molecule has 2 aromatic rings. The molecule has 106 valence electrons. The molecule has 20 heavy (non-hydrogen) atoms. The van der Waals surface area contributed by atoms with Crippen LogP contribution in [0.3, 0.4) is 0 Å². The Hall–Kier alpha value is -2.16. The molecule has 0 heterocycles. The van der Waals surface area contributed by atoms with Crippen molar-refractivity contribution < 1.29 is 4.74 Å². The molecule has 0 spiro atoms. The van der Waals surface area contributed by atoms with Crippen LogP contribution in [0.5, 0.6) is 5.75 Å². The van der Waals surface area contributed by atoms with Crippen LogP contribution >= 0.6 is 0 Å². The van der Waals surface area contributed by atoms with Crippen molar-refractivity contribution >= 4 is 17.1 Å². The first-order valence-electron chi connectivity index (χ1n) is 6.85. The fraction of sp³-hybridized carbons (Fsp3) is 0.294. The van der Waals surface area contributed by atoms with E-state index in [4.69, 9.17) is 10.5 Å². The number of rotatable bonds is 4. The Morgan fingerprint density at radius 1 is 0.900 bits per heavy atom. The predicted octanol–water partition coefficient (Wildman–Crippen LogP) is 4.42. The molecule has 0 radical (unpaired) electrons. The Morgan fingerprint density at radius 3 is 2.10 bits per heavy atom. The highest BCUT2D eigenvalue weighted by molar-refractivity contribution is 5.67. The van der Waals surface area contributed by atoms with E-state index in [1.54, 1.807) is 0 Å². The summed E-state index contributed by atoms with van der Waals surface area (Å²) in [5, 5.41) is 3.38. The molecule has 0 amide bonds. The van der Waals surface area contributed by atoms with Crippen LogP contribution in [-0.2, 0) is 0 Å². The van der Waals surface area contributed by atoms with Gasteiger partial charge >= 0.3 is 0 Å². The first-order valence-corrected chi connectivity index (χ1v) is 6.85. The maximum Gasteiger partial charge on any atom is 0.123 e. The number of anilines is 3. The van der Waals surface area contributed by atoms with E-state index in [9.17, 15) is 0 Å². The zero-order valence-corrected chi connectivity index (χ0v) is 12.5. The molecule has 0 saturated carbocycles. The molecule has 3 N–H and O–H groups in total. The Bertz CT molecular complexity index is 586. The minimum Gasteiger partial charge on any atom is -0.491 e. The van der Waals surface area contributed by atoms with E-state index in [1.165, 1.54) is 11.1 Å². The van der Waals surface area contributed by atoms with Gasteiger partial charge in [0.15, 0.2) is 0 Å². The van der Waals surface area contributed by atoms with E-state index in [0.29, 0.717) is 5.69 Å². The maximum absolute atomic E-state index is 5.93. The molecule has 2 rings (SSSR count). The lowest BCUT2D eigenvalue weighted by atomic mass is 10.1. The van der Waals surface area contributed by atoms with Crippen LogP contribution < -0.4 is 15.8 Å². The van der Waals surface area contributed by atoms with Gasteiger partial charge in [0.05, 0.1) is 6.10 Å². The SMILES string of the molecule is Cc1cc(C)cc(Nc2cc(N)cc(OC(C)C)c2)c1. The first-order chi connectivity index (χ1) is 9.42. The summed E-state index contributed by atoms with van der Waals surface area (Å²) in [7, 11) is 0. The molecule has 0 fully saturated rings. The van der Waals surface area contributed by atoms with Gasteiger partial charge in [0.1, 0.15) is 5.75 Å². The number of nitrogens with two attached hydrogens (primary N) is 1. The summed E-state index contributed by atoms with van der Waals surface area (Å²) in [6.45, 7) is 8.18. The van der Waals surface area contributed by atoms with E-state index in [-0.39, 0.29) is 6.10 Å². The molecule has 0 unspecified atom stereocenters. The second kappa shape index (κ2) is 5.87.